The highest BCUT2D eigenvalue weighted by molar-refractivity contribution is 4.96. The Balaban J connectivity index is 2.62. The zero-order valence-corrected chi connectivity index (χ0v) is 11.6. The van der Waals surface area contributed by atoms with E-state index in [0.29, 0.717) is 6.42 Å². The summed E-state index contributed by atoms with van der Waals surface area (Å²) in [5.74, 6) is 0. The van der Waals surface area contributed by atoms with Crippen LogP contribution in [-0.4, -0.2) is 29.7 Å². The van der Waals surface area contributed by atoms with E-state index in [-0.39, 0.29) is 11.7 Å². The third-order valence-electron chi connectivity index (χ3n) is 3.55. The minimum absolute atomic E-state index is 0.210. The monoisotopic (exact) mass is 244 g/mol. The average Bonchev–Trinajstić information content (AvgIpc) is 3.17. The van der Waals surface area contributed by atoms with Crippen molar-refractivity contribution in [2.24, 2.45) is 0 Å². The molecule has 0 bridgehead atoms. The van der Waals surface area contributed by atoms with Crippen LogP contribution in [-0.2, 0) is 9.47 Å². The van der Waals surface area contributed by atoms with Gasteiger partial charge in [-0.05, 0) is 19.3 Å². The predicted molar refractivity (Wildman–Crippen MR) is 68.9 cm³/mol. The number of epoxide rings is 1. The fraction of sp³-hybridized carbons (Fsp3) is 1.00. The predicted octanol–water partition coefficient (Wildman–Crippen LogP) is 3.25. The molecular formula is C14H28O3. The molecule has 1 rings (SSSR count). The Kier molecular flexibility index (Phi) is 6.45. The fourth-order valence-corrected chi connectivity index (χ4v) is 2.30. The Morgan fingerprint density at radius 2 is 1.76 bits per heavy atom. The zero-order valence-electron chi connectivity index (χ0n) is 11.6. The Hall–Kier alpha value is -0.120. The first-order chi connectivity index (χ1) is 8.18. The number of ether oxygens (including phenoxy) is 2. The summed E-state index contributed by atoms with van der Waals surface area (Å²) in [5, 5.41) is 9.79. The highest BCUT2D eigenvalue weighted by Gasteiger charge is 2.48. The van der Waals surface area contributed by atoms with Crippen molar-refractivity contribution in [3.05, 3.63) is 0 Å². The molecule has 0 amide bonds. The van der Waals surface area contributed by atoms with E-state index in [0.717, 1.165) is 45.1 Å². The average molecular weight is 244 g/mol. The molecule has 102 valence electrons. The van der Waals surface area contributed by atoms with E-state index in [4.69, 9.17) is 9.47 Å². The van der Waals surface area contributed by atoms with Crippen LogP contribution in [0.1, 0.15) is 65.7 Å². The highest BCUT2D eigenvalue weighted by Crippen LogP contribution is 2.38. The smallest absolute Gasteiger partial charge is 0.155 e. The first-order valence-electron chi connectivity index (χ1n) is 7.16. The third kappa shape index (κ3) is 4.57. The zero-order chi connectivity index (χ0) is 12.7. The quantitative estimate of drug-likeness (QED) is 0.474. The summed E-state index contributed by atoms with van der Waals surface area (Å²) in [5.41, 5.74) is -0.235. The van der Waals surface area contributed by atoms with Crippen molar-refractivity contribution in [2.45, 2.75) is 83.7 Å². The van der Waals surface area contributed by atoms with E-state index in [1.165, 1.54) is 0 Å². The molecule has 0 aromatic heterocycles. The van der Waals surface area contributed by atoms with Gasteiger partial charge >= 0.3 is 0 Å². The lowest BCUT2D eigenvalue weighted by Crippen LogP contribution is -2.42. The molecule has 0 radical (unpaired) electrons. The maximum absolute atomic E-state index is 9.79. The molecule has 3 nitrogen and oxygen atoms in total. The van der Waals surface area contributed by atoms with Gasteiger partial charge in [-0.2, -0.15) is 0 Å². The van der Waals surface area contributed by atoms with Gasteiger partial charge in [-0.25, -0.2) is 0 Å². The second-order valence-corrected chi connectivity index (χ2v) is 5.07. The van der Waals surface area contributed by atoms with Gasteiger partial charge in [0.25, 0.3) is 0 Å². The van der Waals surface area contributed by atoms with Crippen LogP contribution in [0.25, 0.3) is 0 Å². The summed E-state index contributed by atoms with van der Waals surface area (Å²) in [6.07, 6.45) is 6.82. The Bertz CT molecular complexity index is 194. The number of unbranched alkanes of at least 4 members (excludes halogenated alkanes) is 2. The summed E-state index contributed by atoms with van der Waals surface area (Å²) >= 11 is 0. The van der Waals surface area contributed by atoms with Crippen molar-refractivity contribution in [1.29, 1.82) is 0 Å². The van der Waals surface area contributed by atoms with Crippen molar-refractivity contribution in [3.63, 3.8) is 0 Å². The van der Waals surface area contributed by atoms with Crippen LogP contribution in [0, 0.1) is 0 Å². The molecule has 0 aromatic rings. The number of hydrogen-bond donors (Lipinski definition) is 1. The first kappa shape index (κ1) is 14.9. The molecule has 0 aliphatic carbocycles. The normalized spacial score (nSPS) is 21.5. The summed E-state index contributed by atoms with van der Waals surface area (Å²) in [6, 6.07) is 0. The standard InChI is InChI=1S/C14H28O3/c1-4-7-9-14(10-8-5-2,12-11-16-12)17-13(15)6-3/h12-13,15H,4-11H2,1-3H3. The molecule has 17 heavy (non-hydrogen) atoms. The second-order valence-electron chi connectivity index (χ2n) is 5.07. The van der Waals surface area contributed by atoms with E-state index < -0.39 is 6.29 Å². The SMILES string of the molecule is CCCCC(CCCC)(OC(O)CC)C1CO1. The molecule has 2 atom stereocenters. The van der Waals surface area contributed by atoms with E-state index in [9.17, 15) is 5.11 Å². The Labute approximate surface area is 105 Å². The van der Waals surface area contributed by atoms with Gasteiger partial charge in [0.05, 0.1) is 12.2 Å². The van der Waals surface area contributed by atoms with Crippen molar-refractivity contribution in [3.8, 4) is 0 Å². The molecule has 0 aromatic carbocycles. The summed E-state index contributed by atoms with van der Waals surface area (Å²) < 4.78 is 11.4. The number of aliphatic hydroxyl groups excluding tert-OH is 1. The molecule has 0 spiro atoms. The molecule has 2 unspecified atom stereocenters. The molecule has 1 heterocycles. The van der Waals surface area contributed by atoms with Gasteiger partial charge < -0.3 is 14.6 Å². The minimum atomic E-state index is -0.645. The van der Waals surface area contributed by atoms with E-state index >= 15 is 0 Å². The molecule has 1 aliphatic heterocycles. The van der Waals surface area contributed by atoms with E-state index in [2.05, 4.69) is 13.8 Å². The van der Waals surface area contributed by atoms with Gasteiger partial charge in [-0.3, -0.25) is 0 Å². The maximum atomic E-state index is 9.79. The lowest BCUT2D eigenvalue weighted by Gasteiger charge is -2.34. The lowest BCUT2D eigenvalue weighted by molar-refractivity contribution is -0.200. The van der Waals surface area contributed by atoms with Gasteiger partial charge in [0, 0.05) is 0 Å². The van der Waals surface area contributed by atoms with Crippen molar-refractivity contribution in [2.75, 3.05) is 6.61 Å². The van der Waals surface area contributed by atoms with Gasteiger partial charge in [-0.1, -0.05) is 46.5 Å². The van der Waals surface area contributed by atoms with E-state index in [1.807, 2.05) is 6.92 Å². The summed E-state index contributed by atoms with van der Waals surface area (Å²) in [6.45, 7) is 7.12. The van der Waals surface area contributed by atoms with Gasteiger partial charge in [0.15, 0.2) is 6.29 Å². The third-order valence-corrected chi connectivity index (χ3v) is 3.55. The van der Waals surface area contributed by atoms with Crippen LogP contribution in [0.5, 0.6) is 0 Å². The Morgan fingerprint density at radius 3 is 2.12 bits per heavy atom. The number of hydrogen-bond acceptors (Lipinski definition) is 3. The molecule has 1 fully saturated rings. The summed E-state index contributed by atoms with van der Waals surface area (Å²) in [4.78, 5) is 0. The highest BCUT2D eigenvalue weighted by atomic mass is 16.7. The fourth-order valence-electron chi connectivity index (χ4n) is 2.30. The van der Waals surface area contributed by atoms with E-state index in [1.54, 1.807) is 0 Å². The van der Waals surface area contributed by atoms with Crippen LogP contribution in [0.15, 0.2) is 0 Å². The largest absolute Gasteiger partial charge is 0.370 e. The Morgan fingerprint density at radius 1 is 1.24 bits per heavy atom. The lowest BCUT2D eigenvalue weighted by atomic mass is 9.87. The number of aliphatic hydroxyl groups is 1. The van der Waals surface area contributed by atoms with Crippen molar-refractivity contribution >= 4 is 0 Å². The van der Waals surface area contributed by atoms with Crippen molar-refractivity contribution < 1.29 is 14.6 Å². The molecule has 0 saturated carbocycles. The second kappa shape index (κ2) is 7.34. The van der Waals surface area contributed by atoms with Crippen LogP contribution in [0.2, 0.25) is 0 Å². The topological polar surface area (TPSA) is 42.0 Å². The van der Waals surface area contributed by atoms with Crippen LogP contribution in [0.4, 0.5) is 0 Å². The molecule has 1 aliphatic rings. The van der Waals surface area contributed by atoms with Gasteiger partial charge in [0.2, 0.25) is 0 Å². The molecule has 1 N–H and O–H groups in total. The van der Waals surface area contributed by atoms with Crippen LogP contribution < -0.4 is 0 Å². The first-order valence-corrected chi connectivity index (χ1v) is 7.16. The molecule has 3 heteroatoms. The van der Waals surface area contributed by atoms with Crippen LogP contribution in [0.3, 0.4) is 0 Å². The van der Waals surface area contributed by atoms with Gasteiger partial charge in [-0.15, -0.1) is 0 Å². The molecule has 1 saturated heterocycles. The van der Waals surface area contributed by atoms with Crippen molar-refractivity contribution in [1.82, 2.24) is 0 Å². The minimum Gasteiger partial charge on any atom is -0.370 e. The maximum Gasteiger partial charge on any atom is 0.155 e. The summed E-state index contributed by atoms with van der Waals surface area (Å²) in [7, 11) is 0. The molecular weight excluding hydrogens is 216 g/mol. The van der Waals surface area contributed by atoms with Crippen LogP contribution >= 0.6 is 0 Å². The van der Waals surface area contributed by atoms with Gasteiger partial charge in [0.1, 0.15) is 6.10 Å². The number of rotatable bonds is 10.